The van der Waals surface area contributed by atoms with E-state index in [9.17, 15) is 9.59 Å². The number of aliphatic carboxylic acids is 1. The molecule has 0 saturated heterocycles. The number of methoxy groups -OCH3 is 1. The Balaban J connectivity index is 1.80. The van der Waals surface area contributed by atoms with Gasteiger partial charge >= 0.3 is 5.97 Å². The van der Waals surface area contributed by atoms with E-state index >= 15 is 0 Å². The number of nitrogens with zero attached hydrogens (tertiary/aromatic N) is 1. The standard InChI is InChI=1S/C26H26Cl2N2O5S/c1-14(2)11-35-12-16-6-5-7-18(23(16)34-4)22-13-36-26(29-22)30-24(31)17-9-20(27)19(21(28)10-17)8-15(3)25(32)33/h5-10,13-14H,11-12H2,1-4H3,(H,32,33)(H,29,30,31). The van der Waals surface area contributed by atoms with Gasteiger partial charge in [0, 0.05) is 39.8 Å². The molecule has 0 aliphatic rings. The molecule has 1 amide bonds. The first-order valence-electron chi connectivity index (χ1n) is 11.0. The first kappa shape index (κ1) is 27.7. The lowest BCUT2D eigenvalue weighted by Crippen LogP contribution is -2.12. The normalized spacial score (nSPS) is 11.6. The molecule has 0 bridgehead atoms. The highest BCUT2D eigenvalue weighted by Gasteiger charge is 2.17. The van der Waals surface area contributed by atoms with E-state index in [0.29, 0.717) is 41.3 Å². The number of ether oxygens (including phenoxy) is 2. The zero-order valence-corrected chi connectivity index (χ0v) is 22.6. The molecule has 0 unspecified atom stereocenters. The van der Waals surface area contributed by atoms with E-state index in [1.54, 1.807) is 7.11 Å². The predicted octanol–water partition coefficient (Wildman–Crippen LogP) is 7.04. The van der Waals surface area contributed by atoms with Crippen LogP contribution in [0.25, 0.3) is 17.3 Å². The number of carboxylic acid groups (broad SMARTS) is 1. The fourth-order valence-electron chi connectivity index (χ4n) is 3.30. The maximum absolute atomic E-state index is 12.8. The summed E-state index contributed by atoms with van der Waals surface area (Å²) >= 11 is 13.8. The van der Waals surface area contributed by atoms with Gasteiger partial charge in [0.25, 0.3) is 5.91 Å². The molecule has 10 heteroatoms. The van der Waals surface area contributed by atoms with Crippen LogP contribution in [0.3, 0.4) is 0 Å². The number of carbonyl (C=O) groups is 2. The Hall–Kier alpha value is -2.91. The SMILES string of the molecule is COc1c(COCC(C)C)cccc1-c1csc(NC(=O)c2cc(Cl)c(C=C(C)C(=O)O)c(Cl)c2)n1. The molecule has 2 N–H and O–H groups in total. The van der Waals surface area contributed by atoms with E-state index in [2.05, 4.69) is 24.1 Å². The second-order valence-electron chi connectivity index (χ2n) is 8.39. The largest absolute Gasteiger partial charge is 0.496 e. The Morgan fingerprint density at radius 2 is 1.92 bits per heavy atom. The number of carbonyl (C=O) groups excluding carboxylic acids is 1. The van der Waals surface area contributed by atoms with Gasteiger partial charge in [-0.3, -0.25) is 10.1 Å². The molecule has 7 nitrogen and oxygen atoms in total. The summed E-state index contributed by atoms with van der Waals surface area (Å²) in [5.41, 5.74) is 2.96. The van der Waals surface area contributed by atoms with Crippen LogP contribution in [0.15, 0.2) is 41.3 Å². The first-order chi connectivity index (χ1) is 17.1. The highest BCUT2D eigenvalue weighted by molar-refractivity contribution is 7.14. The molecular formula is C26H26Cl2N2O5S. The molecule has 0 saturated carbocycles. The maximum Gasteiger partial charge on any atom is 0.331 e. The second-order valence-corrected chi connectivity index (χ2v) is 10.1. The van der Waals surface area contributed by atoms with Gasteiger partial charge in [-0.15, -0.1) is 11.3 Å². The Kier molecular flexibility index (Phi) is 9.50. The van der Waals surface area contributed by atoms with Gasteiger partial charge < -0.3 is 14.6 Å². The van der Waals surface area contributed by atoms with Crippen LogP contribution >= 0.6 is 34.5 Å². The van der Waals surface area contributed by atoms with Crippen molar-refractivity contribution in [3.8, 4) is 17.0 Å². The van der Waals surface area contributed by atoms with E-state index < -0.39 is 11.9 Å². The number of thiazole rings is 1. The van der Waals surface area contributed by atoms with Crippen LogP contribution in [0.2, 0.25) is 10.0 Å². The van der Waals surface area contributed by atoms with Crippen molar-refractivity contribution in [3.63, 3.8) is 0 Å². The second kappa shape index (κ2) is 12.4. The third-order valence-corrected chi connectivity index (χ3v) is 6.43. The Morgan fingerprint density at radius 1 is 1.22 bits per heavy atom. The number of halogens is 2. The van der Waals surface area contributed by atoms with Gasteiger partial charge in [0.15, 0.2) is 5.13 Å². The number of amides is 1. The molecule has 0 aliphatic carbocycles. The average molecular weight is 549 g/mol. The molecule has 0 spiro atoms. The van der Waals surface area contributed by atoms with Crippen molar-refractivity contribution in [2.24, 2.45) is 5.92 Å². The molecule has 0 fully saturated rings. The van der Waals surface area contributed by atoms with Crippen LogP contribution in [0, 0.1) is 5.92 Å². The van der Waals surface area contributed by atoms with Gasteiger partial charge in [0.1, 0.15) is 5.75 Å². The highest BCUT2D eigenvalue weighted by Crippen LogP contribution is 2.35. The number of carboxylic acids is 1. The number of nitrogens with one attached hydrogen (secondary N) is 1. The number of aromatic nitrogens is 1. The van der Waals surface area contributed by atoms with Crippen molar-refractivity contribution >= 4 is 57.6 Å². The van der Waals surface area contributed by atoms with Crippen LogP contribution in [0.5, 0.6) is 5.75 Å². The molecule has 3 rings (SSSR count). The van der Waals surface area contributed by atoms with Crippen LogP contribution in [0.1, 0.15) is 42.3 Å². The lowest BCUT2D eigenvalue weighted by atomic mass is 10.1. The number of rotatable bonds is 10. The minimum atomic E-state index is -1.09. The molecule has 36 heavy (non-hydrogen) atoms. The number of benzene rings is 2. The molecular weight excluding hydrogens is 523 g/mol. The minimum absolute atomic E-state index is 0.0669. The molecule has 1 aromatic heterocycles. The van der Waals surface area contributed by atoms with Crippen LogP contribution < -0.4 is 10.1 Å². The number of para-hydroxylation sites is 1. The van der Waals surface area contributed by atoms with Crippen LogP contribution in [0.4, 0.5) is 5.13 Å². The summed E-state index contributed by atoms with van der Waals surface area (Å²) in [5.74, 6) is -0.444. The van der Waals surface area contributed by atoms with Crippen molar-refractivity contribution < 1.29 is 24.2 Å². The number of anilines is 1. The van der Waals surface area contributed by atoms with Gasteiger partial charge in [-0.05, 0) is 37.1 Å². The summed E-state index contributed by atoms with van der Waals surface area (Å²) < 4.78 is 11.4. The highest BCUT2D eigenvalue weighted by atomic mass is 35.5. The minimum Gasteiger partial charge on any atom is -0.496 e. The van der Waals surface area contributed by atoms with Crippen molar-refractivity contribution in [1.82, 2.24) is 4.98 Å². The van der Waals surface area contributed by atoms with E-state index in [1.807, 2.05) is 23.6 Å². The number of hydrogen-bond acceptors (Lipinski definition) is 6. The van der Waals surface area contributed by atoms with Gasteiger partial charge in [-0.25, -0.2) is 9.78 Å². The van der Waals surface area contributed by atoms with Gasteiger partial charge in [-0.2, -0.15) is 0 Å². The summed E-state index contributed by atoms with van der Waals surface area (Å²) in [6.45, 7) is 6.67. The summed E-state index contributed by atoms with van der Waals surface area (Å²) in [6, 6.07) is 8.62. The van der Waals surface area contributed by atoms with E-state index in [0.717, 1.165) is 11.1 Å². The Labute approximate surface area is 223 Å². The average Bonchev–Trinajstić information content (AvgIpc) is 3.28. The van der Waals surface area contributed by atoms with E-state index in [-0.39, 0.29) is 21.2 Å². The smallest absolute Gasteiger partial charge is 0.331 e. The lowest BCUT2D eigenvalue weighted by molar-refractivity contribution is -0.132. The summed E-state index contributed by atoms with van der Waals surface area (Å²) in [4.78, 5) is 28.5. The third-order valence-electron chi connectivity index (χ3n) is 5.05. The van der Waals surface area contributed by atoms with Crippen LogP contribution in [-0.4, -0.2) is 35.7 Å². The summed E-state index contributed by atoms with van der Waals surface area (Å²) in [5, 5.41) is 14.4. The Bertz CT molecular complexity index is 1280. The lowest BCUT2D eigenvalue weighted by Gasteiger charge is -2.13. The van der Waals surface area contributed by atoms with Gasteiger partial charge in [0.2, 0.25) is 0 Å². The van der Waals surface area contributed by atoms with Crippen molar-refractivity contribution in [2.75, 3.05) is 19.0 Å². The molecule has 3 aromatic rings. The fourth-order valence-corrected chi connectivity index (χ4v) is 4.60. The van der Waals surface area contributed by atoms with Gasteiger partial charge in [-0.1, -0.05) is 49.2 Å². The molecule has 2 aromatic carbocycles. The fraction of sp³-hybridized carbons (Fsp3) is 0.269. The van der Waals surface area contributed by atoms with Crippen LogP contribution in [-0.2, 0) is 16.1 Å². The molecule has 0 radical (unpaired) electrons. The Morgan fingerprint density at radius 3 is 2.53 bits per heavy atom. The maximum atomic E-state index is 12.8. The van der Waals surface area contributed by atoms with Crippen molar-refractivity contribution in [2.45, 2.75) is 27.4 Å². The zero-order chi connectivity index (χ0) is 26.4. The molecule has 190 valence electrons. The summed E-state index contributed by atoms with van der Waals surface area (Å²) in [6.07, 6.45) is 1.36. The summed E-state index contributed by atoms with van der Waals surface area (Å²) in [7, 11) is 1.60. The molecule has 0 atom stereocenters. The predicted molar refractivity (Wildman–Crippen MR) is 144 cm³/mol. The van der Waals surface area contributed by atoms with Gasteiger partial charge in [0.05, 0.1) is 29.5 Å². The quantitative estimate of drug-likeness (QED) is 0.263. The third kappa shape index (κ3) is 6.85. The first-order valence-corrected chi connectivity index (χ1v) is 12.7. The zero-order valence-electron chi connectivity index (χ0n) is 20.2. The molecule has 0 aliphatic heterocycles. The monoisotopic (exact) mass is 548 g/mol. The number of hydrogen-bond donors (Lipinski definition) is 2. The van der Waals surface area contributed by atoms with E-state index in [4.69, 9.17) is 37.8 Å². The van der Waals surface area contributed by atoms with E-state index in [1.165, 1.54) is 36.5 Å². The molecule has 1 heterocycles. The topological polar surface area (TPSA) is 97.8 Å². The van der Waals surface area contributed by atoms with Crippen molar-refractivity contribution in [3.05, 3.63) is 68.0 Å². The van der Waals surface area contributed by atoms with Crippen molar-refractivity contribution in [1.29, 1.82) is 0 Å².